The molecule has 0 fully saturated rings. The SMILES string of the molecule is CC(=O)O.CC(C)(C)C(=O)O.OCCO. The minimum Gasteiger partial charge on any atom is -0.481 e. The van der Waals surface area contributed by atoms with Crippen molar-refractivity contribution in [2.24, 2.45) is 5.41 Å². The summed E-state index contributed by atoms with van der Waals surface area (Å²) in [7, 11) is 0. The maximum Gasteiger partial charge on any atom is 0.308 e. The van der Waals surface area contributed by atoms with Crippen molar-refractivity contribution >= 4 is 11.9 Å². The third-order valence-electron chi connectivity index (χ3n) is 0.742. The molecule has 0 radical (unpaired) electrons. The number of rotatable bonds is 1. The van der Waals surface area contributed by atoms with E-state index in [0.717, 1.165) is 6.92 Å². The highest BCUT2D eigenvalue weighted by Gasteiger charge is 2.18. The molecule has 0 aliphatic heterocycles. The first-order valence-electron chi connectivity index (χ1n) is 4.24. The van der Waals surface area contributed by atoms with Gasteiger partial charge in [-0.3, -0.25) is 9.59 Å². The van der Waals surface area contributed by atoms with Crippen molar-refractivity contribution in [2.45, 2.75) is 27.7 Å². The van der Waals surface area contributed by atoms with Crippen LogP contribution >= 0.6 is 0 Å². The number of aliphatic hydroxyl groups is 2. The zero-order valence-corrected chi connectivity index (χ0v) is 9.52. The molecule has 0 rings (SSSR count). The van der Waals surface area contributed by atoms with Crippen molar-refractivity contribution in [2.75, 3.05) is 13.2 Å². The summed E-state index contributed by atoms with van der Waals surface area (Å²) in [6.07, 6.45) is 0. The molecule has 0 saturated heterocycles. The largest absolute Gasteiger partial charge is 0.481 e. The molecule has 0 aromatic heterocycles. The fourth-order valence-electron chi connectivity index (χ4n) is 0. The number of hydrogen-bond donors (Lipinski definition) is 4. The van der Waals surface area contributed by atoms with Crippen LogP contribution < -0.4 is 0 Å². The molecule has 6 heteroatoms. The minimum atomic E-state index is -0.833. The lowest BCUT2D eigenvalue weighted by Gasteiger charge is -2.08. The third-order valence-corrected chi connectivity index (χ3v) is 0.742. The van der Waals surface area contributed by atoms with Gasteiger partial charge in [0.1, 0.15) is 0 Å². The molecule has 0 amide bonds. The lowest BCUT2D eigenvalue weighted by Crippen LogP contribution is -2.18. The molecule has 0 aromatic rings. The van der Waals surface area contributed by atoms with Crippen LogP contribution in [0.4, 0.5) is 0 Å². The molecule has 0 spiro atoms. The summed E-state index contributed by atoms with van der Waals surface area (Å²) < 4.78 is 0. The van der Waals surface area contributed by atoms with Gasteiger partial charge in [-0.05, 0) is 20.8 Å². The van der Waals surface area contributed by atoms with Crippen LogP contribution in [0.2, 0.25) is 0 Å². The van der Waals surface area contributed by atoms with Crippen molar-refractivity contribution in [3.8, 4) is 0 Å². The number of aliphatic hydroxyl groups excluding tert-OH is 2. The molecule has 15 heavy (non-hydrogen) atoms. The second kappa shape index (κ2) is 10.9. The van der Waals surface area contributed by atoms with E-state index in [2.05, 4.69) is 0 Å². The van der Waals surface area contributed by atoms with E-state index in [1.54, 1.807) is 20.8 Å². The van der Waals surface area contributed by atoms with Crippen LogP contribution in [0, 0.1) is 5.41 Å². The molecule has 0 aliphatic rings. The average Bonchev–Trinajstić information content (AvgIpc) is 2.02. The van der Waals surface area contributed by atoms with Crippen LogP contribution in [-0.4, -0.2) is 45.6 Å². The van der Waals surface area contributed by atoms with Gasteiger partial charge in [0.2, 0.25) is 0 Å². The Kier molecular flexibility index (Phi) is 14.2. The van der Waals surface area contributed by atoms with Crippen LogP contribution in [0.1, 0.15) is 27.7 Å². The summed E-state index contributed by atoms with van der Waals surface area (Å²) in [5.74, 6) is -1.59. The Hall–Kier alpha value is -1.14. The predicted molar refractivity (Wildman–Crippen MR) is 54.6 cm³/mol. The van der Waals surface area contributed by atoms with Crippen LogP contribution in [0.5, 0.6) is 0 Å². The Morgan fingerprint density at radius 3 is 1.13 bits per heavy atom. The molecule has 0 bridgehead atoms. The zero-order valence-electron chi connectivity index (χ0n) is 9.52. The first-order chi connectivity index (χ1) is 6.59. The average molecular weight is 224 g/mol. The van der Waals surface area contributed by atoms with E-state index in [1.165, 1.54) is 0 Å². The molecule has 0 heterocycles. The standard InChI is InChI=1S/C5H10O2.C2H4O2.C2H6O2/c1-5(2,3)4(6)7;1-2(3)4;3-1-2-4/h1-3H3,(H,6,7);1H3,(H,3,4);3-4H,1-2H2. The van der Waals surface area contributed by atoms with Gasteiger partial charge in [-0.25, -0.2) is 0 Å². The quantitative estimate of drug-likeness (QED) is 0.505. The monoisotopic (exact) mass is 224 g/mol. The van der Waals surface area contributed by atoms with Gasteiger partial charge in [0.25, 0.3) is 5.97 Å². The highest BCUT2D eigenvalue weighted by Crippen LogP contribution is 2.11. The second-order valence-electron chi connectivity index (χ2n) is 3.52. The van der Waals surface area contributed by atoms with Crippen LogP contribution in [0.15, 0.2) is 0 Å². The summed E-state index contributed by atoms with van der Waals surface area (Å²) in [5.41, 5.74) is -0.583. The van der Waals surface area contributed by atoms with Crippen molar-refractivity contribution in [3.05, 3.63) is 0 Å². The van der Waals surface area contributed by atoms with Crippen molar-refractivity contribution in [1.82, 2.24) is 0 Å². The molecule has 0 saturated carbocycles. The summed E-state index contributed by atoms with van der Waals surface area (Å²) in [6, 6.07) is 0. The van der Waals surface area contributed by atoms with Crippen molar-refractivity contribution in [3.63, 3.8) is 0 Å². The van der Waals surface area contributed by atoms with E-state index in [1.807, 2.05) is 0 Å². The molecule has 0 unspecified atom stereocenters. The normalized spacial score (nSPS) is 8.93. The first-order valence-corrected chi connectivity index (χ1v) is 4.24. The molecule has 0 atom stereocenters. The summed E-state index contributed by atoms with van der Waals surface area (Å²) >= 11 is 0. The Morgan fingerprint density at radius 1 is 1.00 bits per heavy atom. The van der Waals surface area contributed by atoms with E-state index in [0.29, 0.717) is 0 Å². The third kappa shape index (κ3) is 44.2. The van der Waals surface area contributed by atoms with Gasteiger partial charge < -0.3 is 20.4 Å². The second-order valence-corrected chi connectivity index (χ2v) is 3.52. The van der Waals surface area contributed by atoms with E-state index < -0.39 is 17.4 Å². The highest BCUT2D eigenvalue weighted by molar-refractivity contribution is 5.72. The number of carbonyl (C=O) groups is 2. The van der Waals surface area contributed by atoms with Gasteiger partial charge in [0.15, 0.2) is 0 Å². The van der Waals surface area contributed by atoms with E-state index >= 15 is 0 Å². The number of aliphatic carboxylic acids is 2. The zero-order chi connectivity index (χ0) is 13.1. The maximum absolute atomic E-state index is 10.0. The fraction of sp³-hybridized carbons (Fsp3) is 0.778. The van der Waals surface area contributed by atoms with Crippen LogP contribution in [-0.2, 0) is 9.59 Å². The van der Waals surface area contributed by atoms with E-state index in [4.69, 9.17) is 25.2 Å². The number of carboxylic acid groups (broad SMARTS) is 2. The van der Waals surface area contributed by atoms with Gasteiger partial charge in [-0.15, -0.1) is 0 Å². The molecule has 0 aromatic carbocycles. The molecular weight excluding hydrogens is 204 g/mol. The van der Waals surface area contributed by atoms with Gasteiger partial charge in [0.05, 0.1) is 18.6 Å². The lowest BCUT2D eigenvalue weighted by molar-refractivity contribution is -0.145. The molecule has 92 valence electrons. The maximum atomic E-state index is 10.0. The van der Waals surface area contributed by atoms with Crippen molar-refractivity contribution in [1.29, 1.82) is 0 Å². The van der Waals surface area contributed by atoms with E-state index in [9.17, 15) is 4.79 Å². The lowest BCUT2D eigenvalue weighted by atomic mass is 9.98. The van der Waals surface area contributed by atoms with Gasteiger partial charge in [-0.1, -0.05) is 0 Å². The summed E-state index contributed by atoms with van der Waals surface area (Å²) in [4.78, 5) is 19.0. The van der Waals surface area contributed by atoms with Crippen molar-refractivity contribution < 1.29 is 30.0 Å². The fourth-order valence-corrected chi connectivity index (χ4v) is 0. The number of carboxylic acids is 2. The molecule has 6 nitrogen and oxygen atoms in total. The smallest absolute Gasteiger partial charge is 0.308 e. The Labute approximate surface area is 89.2 Å². The first kappa shape index (κ1) is 19.4. The van der Waals surface area contributed by atoms with Crippen LogP contribution in [0.3, 0.4) is 0 Å². The summed E-state index contributed by atoms with van der Waals surface area (Å²) in [6.45, 7) is 5.82. The topological polar surface area (TPSA) is 115 Å². The molecule has 4 N–H and O–H groups in total. The summed E-state index contributed by atoms with van der Waals surface area (Å²) in [5, 5.41) is 30.9. The highest BCUT2D eigenvalue weighted by atomic mass is 16.4. The molecular formula is C9H20O6. The van der Waals surface area contributed by atoms with Gasteiger partial charge in [0, 0.05) is 6.92 Å². The predicted octanol–water partition coefficient (Wildman–Crippen LogP) is 0.179. The van der Waals surface area contributed by atoms with Crippen LogP contribution in [0.25, 0.3) is 0 Å². The Morgan fingerprint density at radius 2 is 1.13 bits per heavy atom. The minimum absolute atomic E-state index is 0.125. The Bertz CT molecular complexity index is 164. The van der Waals surface area contributed by atoms with Gasteiger partial charge in [-0.2, -0.15) is 0 Å². The van der Waals surface area contributed by atoms with E-state index in [-0.39, 0.29) is 13.2 Å². The van der Waals surface area contributed by atoms with Gasteiger partial charge >= 0.3 is 5.97 Å². The molecule has 0 aliphatic carbocycles. The Balaban J connectivity index is -0.000000155. The number of hydrogen-bond acceptors (Lipinski definition) is 4.